The molecule has 2 atom stereocenters. The van der Waals surface area contributed by atoms with Gasteiger partial charge in [0, 0.05) is 6.92 Å². The number of rotatable bonds is 5. The van der Waals surface area contributed by atoms with Crippen LogP contribution in [0, 0.1) is 0 Å². The van der Waals surface area contributed by atoms with E-state index in [0.717, 1.165) is 0 Å². The van der Waals surface area contributed by atoms with E-state index >= 15 is 0 Å². The molecule has 1 aliphatic heterocycles. The van der Waals surface area contributed by atoms with Crippen molar-refractivity contribution in [3.05, 3.63) is 0 Å². The van der Waals surface area contributed by atoms with E-state index in [4.69, 9.17) is 9.47 Å². The topological polar surface area (TPSA) is 59.1 Å². The Bertz CT molecular complexity index is 237. The van der Waals surface area contributed by atoms with Crippen LogP contribution in [0.15, 0.2) is 0 Å². The Morgan fingerprint density at radius 3 is 2.53 bits per heavy atom. The molecular weight excluding hydrogens is 196 g/mol. The second kappa shape index (κ2) is 4.10. The highest BCUT2D eigenvalue weighted by Gasteiger charge is 2.49. The van der Waals surface area contributed by atoms with Gasteiger partial charge in [-0.2, -0.15) is 0 Å². The van der Waals surface area contributed by atoms with Gasteiger partial charge in [-0.3, -0.25) is 4.79 Å². The van der Waals surface area contributed by atoms with Gasteiger partial charge in [-0.1, -0.05) is 0 Å². The Morgan fingerprint density at radius 1 is 1.67 bits per heavy atom. The van der Waals surface area contributed by atoms with E-state index < -0.39 is 5.60 Å². The minimum absolute atomic E-state index is 0.249. The van der Waals surface area contributed by atoms with E-state index in [0.29, 0.717) is 19.4 Å². The molecule has 0 amide bonds. The molecule has 4 nitrogen and oxygen atoms in total. The molecule has 88 valence electrons. The molecule has 0 aromatic carbocycles. The van der Waals surface area contributed by atoms with E-state index in [2.05, 4.69) is 0 Å². The van der Waals surface area contributed by atoms with Crippen molar-refractivity contribution in [3.63, 3.8) is 0 Å². The van der Waals surface area contributed by atoms with Crippen molar-refractivity contribution in [2.75, 3.05) is 6.61 Å². The Balaban J connectivity index is 2.47. The van der Waals surface area contributed by atoms with Crippen LogP contribution in [0.3, 0.4) is 0 Å². The maximum atomic E-state index is 10.9. The minimum Gasteiger partial charge on any atom is -0.459 e. The maximum absolute atomic E-state index is 10.9. The van der Waals surface area contributed by atoms with Crippen molar-refractivity contribution >= 4 is 5.97 Å². The van der Waals surface area contributed by atoms with Crippen LogP contribution in [0.4, 0.5) is 0 Å². The van der Waals surface area contributed by atoms with Gasteiger partial charge in [0.1, 0.15) is 11.7 Å². The summed E-state index contributed by atoms with van der Waals surface area (Å²) in [4.78, 5) is 10.9. The summed E-state index contributed by atoms with van der Waals surface area (Å²) in [5, 5.41) is 9.61. The van der Waals surface area contributed by atoms with Gasteiger partial charge in [0.2, 0.25) is 0 Å². The van der Waals surface area contributed by atoms with E-state index in [1.54, 1.807) is 13.8 Å². The molecule has 1 fully saturated rings. The number of ether oxygens (including phenoxy) is 2. The lowest BCUT2D eigenvalue weighted by atomic mass is 9.94. The lowest BCUT2D eigenvalue weighted by molar-refractivity contribution is -0.150. The molecule has 1 N–H and O–H groups in total. The third kappa shape index (κ3) is 4.18. The molecule has 1 saturated heterocycles. The van der Waals surface area contributed by atoms with Crippen molar-refractivity contribution in [2.45, 2.75) is 57.8 Å². The summed E-state index contributed by atoms with van der Waals surface area (Å²) in [6.45, 7) is 7.42. The molecule has 0 spiro atoms. The predicted molar refractivity (Wildman–Crippen MR) is 55.4 cm³/mol. The second-order valence-electron chi connectivity index (χ2n) is 5.05. The van der Waals surface area contributed by atoms with Crippen LogP contribution >= 0.6 is 0 Å². The van der Waals surface area contributed by atoms with Gasteiger partial charge in [-0.25, -0.2) is 0 Å². The van der Waals surface area contributed by atoms with Gasteiger partial charge in [-0.15, -0.1) is 0 Å². The zero-order valence-corrected chi connectivity index (χ0v) is 9.87. The van der Waals surface area contributed by atoms with Crippen molar-refractivity contribution in [3.8, 4) is 0 Å². The smallest absolute Gasteiger partial charge is 0.303 e. The summed E-state index contributed by atoms with van der Waals surface area (Å²) in [5.41, 5.74) is -1.07. The second-order valence-corrected chi connectivity index (χ2v) is 5.05. The molecule has 4 heteroatoms. The third-order valence-corrected chi connectivity index (χ3v) is 2.61. The van der Waals surface area contributed by atoms with Crippen LogP contribution in [-0.4, -0.2) is 35.0 Å². The van der Waals surface area contributed by atoms with E-state index in [1.165, 1.54) is 6.92 Å². The van der Waals surface area contributed by atoms with Crippen LogP contribution in [0.25, 0.3) is 0 Å². The lowest BCUT2D eigenvalue weighted by Crippen LogP contribution is -2.34. The Labute approximate surface area is 90.6 Å². The van der Waals surface area contributed by atoms with Gasteiger partial charge in [-0.05, 0) is 33.6 Å². The molecule has 15 heavy (non-hydrogen) atoms. The molecule has 0 bridgehead atoms. The number of carbonyl (C=O) groups excluding carboxylic acids is 1. The van der Waals surface area contributed by atoms with Gasteiger partial charge in [0.15, 0.2) is 0 Å². The van der Waals surface area contributed by atoms with Gasteiger partial charge in [0.05, 0.1) is 12.2 Å². The van der Waals surface area contributed by atoms with Crippen molar-refractivity contribution in [2.24, 2.45) is 0 Å². The fourth-order valence-electron chi connectivity index (χ4n) is 1.47. The van der Waals surface area contributed by atoms with Crippen molar-refractivity contribution in [1.82, 2.24) is 0 Å². The molecule has 0 saturated carbocycles. The first-order chi connectivity index (χ1) is 6.73. The van der Waals surface area contributed by atoms with Crippen LogP contribution in [0.1, 0.15) is 40.5 Å². The quantitative estimate of drug-likeness (QED) is 0.555. The molecule has 1 aliphatic rings. The Kier molecular flexibility index (Phi) is 3.41. The van der Waals surface area contributed by atoms with Crippen molar-refractivity contribution in [1.29, 1.82) is 0 Å². The highest BCUT2D eigenvalue weighted by atomic mass is 16.6. The predicted octanol–water partition coefficient (Wildman–Crippen LogP) is 1.26. The Hall–Kier alpha value is -0.610. The fourth-order valence-corrected chi connectivity index (χ4v) is 1.47. The average molecular weight is 216 g/mol. The third-order valence-electron chi connectivity index (χ3n) is 2.61. The number of aliphatic hydroxyl groups is 1. The Morgan fingerprint density at radius 2 is 2.20 bits per heavy atom. The van der Waals surface area contributed by atoms with Crippen LogP contribution in [0.5, 0.6) is 0 Å². The largest absolute Gasteiger partial charge is 0.459 e. The van der Waals surface area contributed by atoms with Gasteiger partial charge >= 0.3 is 5.97 Å². The summed E-state index contributed by atoms with van der Waals surface area (Å²) in [6, 6.07) is 0. The van der Waals surface area contributed by atoms with Crippen molar-refractivity contribution < 1.29 is 19.4 Å². The standard InChI is InChI=1S/C11H20O4/c1-8(12)15-9(11(4)7-14-11)5-6-10(2,3)13/h9,13H,5-7H2,1-4H3/t9-,11+/m0/s1. The summed E-state index contributed by atoms with van der Waals surface area (Å²) in [6.07, 6.45) is 0.963. The molecule has 0 radical (unpaired) electrons. The average Bonchev–Trinajstić information content (AvgIpc) is 2.76. The first-order valence-corrected chi connectivity index (χ1v) is 5.26. The molecule has 0 aliphatic carbocycles. The molecular formula is C11H20O4. The monoisotopic (exact) mass is 216 g/mol. The SMILES string of the molecule is CC(=O)O[C@@H](CCC(C)(C)O)[C@@]1(C)CO1. The first-order valence-electron chi connectivity index (χ1n) is 5.26. The van der Waals surface area contributed by atoms with Crippen LogP contribution in [0.2, 0.25) is 0 Å². The maximum Gasteiger partial charge on any atom is 0.303 e. The number of carbonyl (C=O) groups is 1. The highest BCUT2D eigenvalue weighted by Crippen LogP contribution is 2.35. The zero-order valence-electron chi connectivity index (χ0n) is 9.87. The van der Waals surface area contributed by atoms with E-state index in [1.807, 2.05) is 6.92 Å². The molecule has 0 aromatic heterocycles. The molecule has 1 heterocycles. The summed E-state index contributed by atoms with van der Waals surface area (Å²) >= 11 is 0. The normalized spacial score (nSPS) is 27.3. The lowest BCUT2D eigenvalue weighted by Gasteiger charge is -2.24. The molecule has 1 rings (SSSR count). The zero-order chi connectivity index (χ0) is 11.7. The van der Waals surface area contributed by atoms with Crippen LogP contribution < -0.4 is 0 Å². The minimum atomic E-state index is -0.732. The number of hydrogen-bond acceptors (Lipinski definition) is 4. The van der Waals surface area contributed by atoms with E-state index in [9.17, 15) is 9.90 Å². The summed E-state index contributed by atoms with van der Waals surface area (Å²) in [7, 11) is 0. The number of hydrogen-bond donors (Lipinski definition) is 1. The number of esters is 1. The first kappa shape index (κ1) is 12.5. The van der Waals surface area contributed by atoms with Crippen LogP contribution in [-0.2, 0) is 14.3 Å². The van der Waals surface area contributed by atoms with Gasteiger partial charge in [0.25, 0.3) is 0 Å². The molecule has 0 unspecified atom stereocenters. The molecule has 0 aromatic rings. The van der Waals surface area contributed by atoms with E-state index in [-0.39, 0.29) is 17.7 Å². The summed E-state index contributed by atoms with van der Waals surface area (Å²) in [5.74, 6) is -0.299. The number of epoxide rings is 1. The summed E-state index contributed by atoms with van der Waals surface area (Å²) < 4.78 is 10.5. The highest BCUT2D eigenvalue weighted by molar-refractivity contribution is 5.66. The van der Waals surface area contributed by atoms with Gasteiger partial charge < -0.3 is 14.6 Å². The fraction of sp³-hybridized carbons (Fsp3) is 0.909.